The largest absolute Gasteiger partial charge is 0.103 e. The van der Waals surface area contributed by atoms with Crippen molar-refractivity contribution < 1.29 is 0 Å². The van der Waals surface area contributed by atoms with E-state index in [-0.39, 0.29) is 0 Å². The summed E-state index contributed by atoms with van der Waals surface area (Å²) in [6.45, 7) is 18.7. The first-order valence-electron chi connectivity index (χ1n) is 7.18. The SMILES string of the molecule is C=CCCC=C.C=CCCCC.C=CCCCC. The van der Waals surface area contributed by atoms with Crippen molar-refractivity contribution in [2.24, 2.45) is 0 Å². The number of allylic oxidation sites excluding steroid dienone is 4. The van der Waals surface area contributed by atoms with Gasteiger partial charge in [-0.15, -0.1) is 26.3 Å². The lowest BCUT2D eigenvalue weighted by atomic mass is 10.3. The summed E-state index contributed by atoms with van der Waals surface area (Å²) < 4.78 is 0. The number of rotatable bonds is 9. The van der Waals surface area contributed by atoms with E-state index in [0.717, 1.165) is 12.8 Å². The van der Waals surface area contributed by atoms with Crippen LogP contribution < -0.4 is 0 Å². The van der Waals surface area contributed by atoms with Crippen LogP contribution in [0.4, 0.5) is 0 Å². The van der Waals surface area contributed by atoms with Crippen LogP contribution in [0.5, 0.6) is 0 Å². The van der Waals surface area contributed by atoms with Crippen molar-refractivity contribution in [3.63, 3.8) is 0 Å². The van der Waals surface area contributed by atoms with Gasteiger partial charge in [0.2, 0.25) is 0 Å². The van der Waals surface area contributed by atoms with Crippen LogP contribution in [0.1, 0.15) is 65.2 Å². The van der Waals surface area contributed by atoms with E-state index in [4.69, 9.17) is 0 Å². The number of hydrogen-bond acceptors (Lipinski definition) is 0. The standard InChI is InChI=1S/2C6H12.C6H10/c3*1-3-5-6-4-2/h2*3H,1,4-6H2,2H3;3-4H,1-2,5-6H2. The summed E-state index contributed by atoms with van der Waals surface area (Å²) in [5.74, 6) is 0. The van der Waals surface area contributed by atoms with E-state index in [1.807, 2.05) is 24.3 Å². The van der Waals surface area contributed by atoms with Gasteiger partial charge in [0.15, 0.2) is 0 Å². The summed E-state index contributed by atoms with van der Waals surface area (Å²) in [5, 5.41) is 0. The maximum absolute atomic E-state index is 3.60. The molecule has 0 aliphatic carbocycles. The third-order valence-electron chi connectivity index (χ3n) is 2.10. The zero-order valence-electron chi connectivity index (χ0n) is 12.8. The quantitative estimate of drug-likeness (QED) is 0.309. The summed E-state index contributed by atoms with van der Waals surface area (Å²) in [7, 11) is 0. The van der Waals surface area contributed by atoms with Gasteiger partial charge >= 0.3 is 0 Å². The fraction of sp³-hybridized carbons (Fsp3) is 0.556. The van der Waals surface area contributed by atoms with E-state index < -0.39 is 0 Å². The Hall–Kier alpha value is -1.04. The third kappa shape index (κ3) is 46.0. The molecular weight excluding hydrogens is 216 g/mol. The van der Waals surface area contributed by atoms with E-state index in [9.17, 15) is 0 Å². The van der Waals surface area contributed by atoms with Gasteiger partial charge in [0.05, 0.1) is 0 Å². The smallest absolute Gasteiger partial charge is 0.0319 e. The Morgan fingerprint density at radius 1 is 0.556 bits per heavy atom. The predicted octanol–water partition coefficient (Wildman–Crippen LogP) is 6.86. The van der Waals surface area contributed by atoms with Gasteiger partial charge in [-0.05, 0) is 25.7 Å². The lowest BCUT2D eigenvalue weighted by molar-refractivity contribution is 0.816. The highest BCUT2D eigenvalue weighted by molar-refractivity contribution is 4.74. The van der Waals surface area contributed by atoms with Crippen LogP contribution in [0.3, 0.4) is 0 Å². The molecule has 0 rings (SSSR count). The highest BCUT2D eigenvalue weighted by Gasteiger charge is 1.71. The van der Waals surface area contributed by atoms with Gasteiger partial charge in [0, 0.05) is 0 Å². The average molecular weight is 250 g/mol. The Bertz CT molecular complexity index is 145. The summed E-state index contributed by atoms with van der Waals surface area (Å²) in [6.07, 6.45) is 17.3. The fourth-order valence-corrected chi connectivity index (χ4v) is 0.933. The van der Waals surface area contributed by atoms with Gasteiger partial charge in [-0.3, -0.25) is 0 Å². The molecular formula is C18H34. The summed E-state index contributed by atoms with van der Waals surface area (Å²) in [6, 6.07) is 0. The number of unbranched alkanes of at least 4 members (excludes halogenated alkanes) is 5. The first-order valence-corrected chi connectivity index (χ1v) is 7.18. The van der Waals surface area contributed by atoms with Crippen molar-refractivity contribution in [3.05, 3.63) is 50.6 Å². The second-order valence-corrected chi connectivity index (χ2v) is 4.02. The Balaban J connectivity index is -0.000000187. The fourth-order valence-electron chi connectivity index (χ4n) is 0.933. The van der Waals surface area contributed by atoms with Crippen molar-refractivity contribution >= 4 is 0 Å². The molecule has 18 heavy (non-hydrogen) atoms. The molecule has 0 bridgehead atoms. The normalized spacial score (nSPS) is 7.89. The molecule has 0 heterocycles. The molecule has 0 amide bonds. The van der Waals surface area contributed by atoms with Crippen LogP contribution in [0, 0.1) is 0 Å². The molecule has 0 aromatic heterocycles. The molecule has 0 saturated carbocycles. The van der Waals surface area contributed by atoms with Crippen LogP contribution in [-0.4, -0.2) is 0 Å². The first kappa shape index (κ1) is 22.2. The molecule has 0 saturated heterocycles. The minimum atomic E-state index is 1.06. The first-order chi connectivity index (χ1) is 8.74. The topological polar surface area (TPSA) is 0 Å². The van der Waals surface area contributed by atoms with Crippen LogP contribution in [0.2, 0.25) is 0 Å². The summed E-state index contributed by atoms with van der Waals surface area (Å²) in [4.78, 5) is 0. The molecule has 0 unspecified atom stereocenters. The van der Waals surface area contributed by atoms with Crippen molar-refractivity contribution in [1.29, 1.82) is 0 Å². The minimum Gasteiger partial charge on any atom is -0.103 e. The van der Waals surface area contributed by atoms with E-state index in [2.05, 4.69) is 40.2 Å². The van der Waals surface area contributed by atoms with E-state index in [1.165, 1.54) is 38.5 Å². The predicted molar refractivity (Wildman–Crippen MR) is 89.1 cm³/mol. The zero-order valence-corrected chi connectivity index (χ0v) is 12.8. The molecule has 106 valence electrons. The van der Waals surface area contributed by atoms with E-state index in [1.54, 1.807) is 0 Å². The van der Waals surface area contributed by atoms with Gasteiger partial charge in [-0.1, -0.05) is 63.8 Å². The monoisotopic (exact) mass is 250 g/mol. The number of hydrogen-bond donors (Lipinski definition) is 0. The van der Waals surface area contributed by atoms with Crippen LogP contribution in [0.15, 0.2) is 50.6 Å². The lowest BCUT2D eigenvalue weighted by Crippen LogP contribution is -1.61. The molecule has 0 spiro atoms. The summed E-state index contributed by atoms with van der Waals surface area (Å²) in [5.41, 5.74) is 0. The van der Waals surface area contributed by atoms with Crippen molar-refractivity contribution in [2.45, 2.75) is 65.2 Å². The third-order valence-corrected chi connectivity index (χ3v) is 2.10. The average Bonchev–Trinajstić information content (AvgIpc) is 2.42. The second-order valence-electron chi connectivity index (χ2n) is 4.02. The van der Waals surface area contributed by atoms with Crippen LogP contribution in [-0.2, 0) is 0 Å². The van der Waals surface area contributed by atoms with Crippen molar-refractivity contribution in [3.8, 4) is 0 Å². The molecule has 0 heteroatoms. The van der Waals surface area contributed by atoms with Crippen LogP contribution in [0.25, 0.3) is 0 Å². The molecule has 0 aromatic rings. The highest BCUT2D eigenvalue weighted by Crippen LogP contribution is 1.92. The van der Waals surface area contributed by atoms with E-state index in [0.29, 0.717) is 0 Å². The maximum Gasteiger partial charge on any atom is -0.0319 e. The van der Waals surface area contributed by atoms with Gasteiger partial charge in [-0.2, -0.15) is 0 Å². The molecule has 0 nitrogen and oxygen atoms in total. The molecule has 0 aromatic carbocycles. The Labute approximate surface area is 116 Å². The molecule has 0 fully saturated rings. The Morgan fingerprint density at radius 3 is 0.944 bits per heavy atom. The molecule has 0 radical (unpaired) electrons. The second kappa shape index (κ2) is 29.7. The Morgan fingerprint density at radius 2 is 0.833 bits per heavy atom. The molecule has 0 atom stereocenters. The van der Waals surface area contributed by atoms with Crippen LogP contribution >= 0.6 is 0 Å². The molecule has 0 N–H and O–H groups in total. The van der Waals surface area contributed by atoms with Gasteiger partial charge in [-0.25, -0.2) is 0 Å². The zero-order chi connectivity index (χ0) is 14.5. The van der Waals surface area contributed by atoms with Gasteiger partial charge in [0.25, 0.3) is 0 Å². The summed E-state index contributed by atoms with van der Waals surface area (Å²) >= 11 is 0. The van der Waals surface area contributed by atoms with Gasteiger partial charge in [0.1, 0.15) is 0 Å². The highest BCUT2D eigenvalue weighted by atomic mass is 13.8. The molecule has 0 aliphatic rings. The minimum absolute atomic E-state index is 1.06. The van der Waals surface area contributed by atoms with Gasteiger partial charge < -0.3 is 0 Å². The van der Waals surface area contributed by atoms with Crippen molar-refractivity contribution in [1.82, 2.24) is 0 Å². The maximum atomic E-state index is 3.60. The van der Waals surface area contributed by atoms with Crippen molar-refractivity contribution in [2.75, 3.05) is 0 Å². The molecule has 0 aliphatic heterocycles. The van der Waals surface area contributed by atoms with E-state index >= 15 is 0 Å². The lowest BCUT2D eigenvalue weighted by Gasteiger charge is -1.81. The Kier molecular flexibility index (Phi) is 36.6.